The third kappa shape index (κ3) is 3.16. The molecule has 4 rings (SSSR count). The zero-order chi connectivity index (χ0) is 17.4. The Balaban J connectivity index is 1.48. The molecule has 2 aliphatic rings. The van der Waals surface area contributed by atoms with E-state index in [1.165, 1.54) is 17.7 Å². The molecule has 1 saturated heterocycles. The predicted octanol–water partition coefficient (Wildman–Crippen LogP) is 3.13. The molecule has 25 heavy (non-hydrogen) atoms. The Labute approximate surface area is 145 Å². The average Bonchev–Trinajstić information content (AvgIpc) is 2.61. The molecule has 0 bridgehead atoms. The van der Waals surface area contributed by atoms with Gasteiger partial charge in [-0.2, -0.15) is 0 Å². The van der Waals surface area contributed by atoms with Gasteiger partial charge in [-0.15, -0.1) is 0 Å². The smallest absolute Gasteiger partial charge is 0.159 e. The first-order chi connectivity index (χ1) is 12.1. The molecule has 0 aliphatic carbocycles. The number of nitrogens with zero attached hydrogens (tertiary/aromatic N) is 3. The van der Waals surface area contributed by atoms with Crippen molar-refractivity contribution >= 4 is 0 Å². The zero-order valence-electron chi connectivity index (χ0n) is 14.3. The molecule has 0 unspecified atom stereocenters. The number of hydrogen-bond acceptors (Lipinski definition) is 4. The highest BCUT2D eigenvalue weighted by Crippen LogP contribution is 2.40. The monoisotopic (exact) mass is 345 g/mol. The number of benzene rings is 1. The summed E-state index contributed by atoms with van der Waals surface area (Å²) in [5, 5.41) is 0. The van der Waals surface area contributed by atoms with Crippen LogP contribution in [0.5, 0.6) is 0 Å². The molecule has 1 aromatic heterocycles. The Bertz CT molecular complexity index is 788. The fraction of sp³-hybridized carbons (Fsp3) is 0.474. The summed E-state index contributed by atoms with van der Waals surface area (Å²) in [4.78, 5) is 11.2. The second-order valence-electron chi connectivity index (χ2n) is 6.91. The fourth-order valence-corrected chi connectivity index (χ4v) is 3.85. The molecular weight excluding hydrogens is 324 g/mol. The maximum Gasteiger partial charge on any atom is 0.159 e. The molecule has 0 N–H and O–H groups in total. The van der Waals surface area contributed by atoms with Gasteiger partial charge < -0.3 is 4.74 Å². The van der Waals surface area contributed by atoms with Crippen molar-refractivity contribution in [2.75, 3.05) is 19.7 Å². The van der Waals surface area contributed by atoms with Gasteiger partial charge in [-0.1, -0.05) is 6.07 Å². The van der Waals surface area contributed by atoms with Crippen LogP contribution in [0, 0.1) is 18.6 Å². The van der Waals surface area contributed by atoms with Crippen molar-refractivity contribution in [3.8, 4) is 0 Å². The SMILES string of the molecule is Cc1ncc2c(n1)C1(CCN(Cc3ccc(F)c(F)c3)CC1)OCC2. The number of piperidine rings is 1. The van der Waals surface area contributed by atoms with Crippen LogP contribution < -0.4 is 0 Å². The van der Waals surface area contributed by atoms with Crippen LogP contribution in [0.1, 0.15) is 35.5 Å². The molecule has 1 aromatic carbocycles. The minimum absolute atomic E-state index is 0.328. The second-order valence-corrected chi connectivity index (χ2v) is 6.91. The first-order valence-electron chi connectivity index (χ1n) is 8.69. The summed E-state index contributed by atoms with van der Waals surface area (Å²) in [6.07, 6.45) is 4.48. The molecule has 0 amide bonds. The molecule has 1 spiro atoms. The molecule has 4 nitrogen and oxygen atoms in total. The van der Waals surface area contributed by atoms with Gasteiger partial charge in [0.1, 0.15) is 11.4 Å². The van der Waals surface area contributed by atoms with E-state index in [-0.39, 0.29) is 5.60 Å². The number of rotatable bonds is 2. The van der Waals surface area contributed by atoms with Gasteiger partial charge in [0.25, 0.3) is 0 Å². The van der Waals surface area contributed by atoms with Crippen LogP contribution in [0.2, 0.25) is 0 Å². The Hall–Kier alpha value is -1.92. The normalized spacial score (nSPS) is 19.8. The molecule has 0 atom stereocenters. The van der Waals surface area contributed by atoms with Crippen LogP contribution in [-0.2, 0) is 23.3 Å². The summed E-state index contributed by atoms with van der Waals surface area (Å²) in [7, 11) is 0. The Morgan fingerprint density at radius 3 is 2.76 bits per heavy atom. The minimum Gasteiger partial charge on any atom is -0.368 e. The highest BCUT2D eigenvalue weighted by Gasteiger charge is 2.42. The van der Waals surface area contributed by atoms with Crippen molar-refractivity contribution in [2.45, 2.75) is 38.3 Å². The maximum absolute atomic E-state index is 13.4. The number of likely N-dealkylation sites (tertiary alicyclic amines) is 1. The summed E-state index contributed by atoms with van der Waals surface area (Å²) in [6.45, 7) is 4.88. The lowest BCUT2D eigenvalue weighted by molar-refractivity contribution is -0.102. The third-order valence-corrected chi connectivity index (χ3v) is 5.22. The lowest BCUT2D eigenvalue weighted by Crippen LogP contribution is -2.47. The van der Waals surface area contributed by atoms with E-state index in [9.17, 15) is 8.78 Å². The molecule has 6 heteroatoms. The van der Waals surface area contributed by atoms with Crippen molar-refractivity contribution in [3.05, 3.63) is 58.7 Å². The summed E-state index contributed by atoms with van der Waals surface area (Å²) in [5.41, 5.74) is 2.69. The van der Waals surface area contributed by atoms with E-state index >= 15 is 0 Å². The Morgan fingerprint density at radius 1 is 1.20 bits per heavy atom. The van der Waals surface area contributed by atoms with Crippen LogP contribution >= 0.6 is 0 Å². The van der Waals surface area contributed by atoms with Crippen LogP contribution in [0.4, 0.5) is 8.78 Å². The van der Waals surface area contributed by atoms with E-state index < -0.39 is 11.6 Å². The molecule has 0 radical (unpaired) electrons. The number of aryl methyl sites for hydroxylation is 1. The topological polar surface area (TPSA) is 38.2 Å². The number of halogens is 2. The largest absolute Gasteiger partial charge is 0.368 e. The van der Waals surface area contributed by atoms with E-state index in [1.54, 1.807) is 6.07 Å². The van der Waals surface area contributed by atoms with Crippen molar-refractivity contribution < 1.29 is 13.5 Å². The summed E-state index contributed by atoms with van der Waals surface area (Å²) in [5.74, 6) is -0.820. The van der Waals surface area contributed by atoms with Crippen LogP contribution in [0.15, 0.2) is 24.4 Å². The molecule has 0 saturated carbocycles. The molecule has 2 aromatic rings. The average molecular weight is 345 g/mol. The highest BCUT2D eigenvalue weighted by molar-refractivity contribution is 5.27. The molecule has 3 heterocycles. The van der Waals surface area contributed by atoms with Gasteiger partial charge in [-0.3, -0.25) is 4.90 Å². The third-order valence-electron chi connectivity index (χ3n) is 5.22. The van der Waals surface area contributed by atoms with Gasteiger partial charge in [0, 0.05) is 25.8 Å². The molecule has 1 fully saturated rings. The van der Waals surface area contributed by atoms with Crippen molar-refractivity contribution in [1.29, 1.82) is 0 Å². The summed E-state index contributed by atoms with van der Waals surface area (Å²) >= 11 is 0. The maximum atomic E-state index is 13.4. The van der Waals surface area contributed by atoms with E-state index in [2.05, 4.69) is 14.9 Å². The van der Waals surface area contributed by atoms with Crippen LogP contribution in [0.25, 0.3) is 0 Å². The number of hydrogen-bond donors (Lipinski definition) is 0. The number of aromatic nitrogens is 2. The van der Waals surface area contributed by atoms with Crippen LogP contribution in [0.3, 0.4) is 0 Å². The first kappa shape index (κ1) is 16.5. The standard InChI is InChI=1S/C19H21F2N3O/c1-13-22-11-15-4-9-25-19(18(15)23-13)5-7-24(8-6-19)12-14-2-3-16(20)17(21)10-14/h2-3,10-11H,4-9,12H2,1H3. The van der Waals surface area contributed by atoms with Crippen molar-refractivity contribution in [3.63, 3.8) is 0 Å². The van der Waals surface area contributed by atoms with Gasteiger partial charge in [-0.05, 0) is 49.4 Å². The van der Waals surface area contributed by atoms with E-state index in [1.807, 2.05) is 13.1 Å². The highest BCUT2D eigenvalue weighted by atomic mass is 19.2. The first-order valence-corrected chi connectivity index (χ1v) is 8.69. The number of fused-ring (bicyclic) bond motifs is 2. The molecular formula is C19H21F2N3O. The van der Waals surface area contributed by atoms with Gasteiger partial charge in [0.2, 0.25) is 0 Å². The molecule has 2 aliphatic heterocycles. The fourth-order valence-electron chi connectivity index (χ4n) is 3.85. The van der Waals surface area contributed by atoms with Gasteiger partial charge in [-0.25, -0.2) is 18.7 Å². The van der Waals surface area contributed by atoms with E-state index in [0.29, 0.717) is 13.2 Å². The quantitative estimate of drug-likeness (QED) is 0.838. The van der Waals surface area contributed by atoms with Crippen molar-refractivity contribution in [1.82, 2.24) is 14.9 Å². The zero-order valence-corrected chi connectivity index (χ0v) is 14.3. The molecule has 132 valence electrons. The summed E-state index contributed by atoms with van der Waals surface area (Å²) in [6, 6.07) is 4.12. The lowest BCUT2D eigenvalue weighted by atomic mass is 9.83. The lowest BCUT2D eigenvalue weighted by Gasteiger charge is -2.44. The van der Waals surface area contributed by atoms with Gasteiger partial charge in [0.15, 0.2) is 11.6 Å². The van der Waals surface area contributed by atoms with Crippen molar-refractivity contribution in [2.24, 2.45) is 0 Å². The Kier molecular flexibility index (Phi) is 4.25. The Morgan fingerprint density at radius 2 is 2.00 bits per heavy atom. The second kappa shape index (κ2) is 6.42. The van der Waals surface area contributed by atoms with E-state index in [4.69, 9.17) is 4.74 Å². The van der Waals surface area contributed by atoms with E-state index in [0.717, 1.165) is 49.4 Å². The summed E-state index contributed by atoms with van der Waals surface area (Å²) < 4.78 is 32.7. The predicted molar refractivity (Wildman–Crippen MR) is 89.0 cm³/mol. The van der Waals surface area contributed by atoms with Gasteiger partial charge in [0.05, 0.1) is 12.3 Å². The van der Waals surface area contributed by atoms with Gasteiger partial charge >= 0.3 is 0 Å². The van der Waals surface area contributed by atoms with Crippen LogP contribution in [-0.4, -0.2) is 34.6 Å². The minimum atomic E-state index is -0.802. The number of ether oxygens (including phenoxy) is 1.